The van der Waals surface area contributed by atoms with Crippen molar-refractivity contribution in [2.75, 3.05) is 10.6 Å². The molecule has 0 radical (unpaired) electrons. The van der Waals surface area contributed by atoms with Gasteiger partial charge in [0.15, 0.2) is 5.75 Å². The highest BCUT2D eigenvalue weighted by Gasteiger charge is 2.29. The van der Waals surface area contributed by atoms with Crippen LogP contribution < -0.4 is 15.4 Å². The van der Waals surface area contributed by atoms with Crippen molar-refractivity contribution >= 4 is 34.9 Å². The Bertz CT molecular complexity index is 733. The van der Waals surface area contributed by atoms with Crippen LogP contribution in [0.2, 0.25) is 5.02 Å². The molecule has 1 aliphatic heterocycles. The summed E-state index contributed by atoms with van der Waals surface area (Å²) >= 11 is 5.98. The van der Waals surface area contributed by atoms with Crippen LogP contribution >= 0.6 is 11.6 Å². The summed E-state index contributed by atoms with van der Waals surface area (Å²) in [4.78, 5) is 24.0. The zero-order valence-corrected chi connectivity index (χ0v) is 12.3. The van der Waals surface area contributed by atoms with Crippen molar-refractivity contribution < 1.29 is 14.3 Å². The molecule has 2 aromatic rings. The summed E-state index contributed by atoms with van der Waals surface area (Å²) in [7, 11) is 0. The van der Waals surface area contributed by atoms with Crippen LogP contribution in [0.15, 0.2) is 48.5 Å². The topological polar surface area (TPSA) is 67.4 Å². The van der Waals surface area contributed by atoms with Crippen LogP contribution in [0.3, 0.4) is 0 Å². The Kier molecular flexibility index (Phi) is 3.98. The first kappa shape index (κ1) is 14.4. The lowest BCUT2D eigenvalue weighted by Gasteiger charge is -2.25. The first-order chi connectivity index (χ1) is 10.6. The molecule has 112 valence electrons. The van der Waals surface area contributed by atoms with Gasteiger partial charge in [-0.25, -0.2) is 4.79 Å². The number of rotatable bonds is 3. The van der Waals surface area contributed by atoms with Crippen molar-refractivity contribution in [2.24, 2.45) is 0 Å². The van der Waals surface area contributed by atoms with Gasteiger partial charge in [-0.1, -0.05) is 35.9 Å². The Morgan fingerprint density at radius 3 is 2.73 bits per heavy atom. The fraction of sp³-hybridized carbons (Fsp3) is 0.125. The van der Waals surface area contributed by atoms with Gasteiger partial charge in [0.2, 0.25) is 5.91 Å². The van der Waals surface area contributed by atoms with E-state index < -0.39 is 12.0 Å². The second kappa shape index (κ2) is 6.07. The number of benzene rings is 2. The van der Waals surface area contributed by atoms with Crippen LogP contribution in [0, 0.1) is 0 Å². The molecular formula is C16H13ClN2O3. The van der Waals surface area contributed by atoms with Crippen LogP contribution in [0.1, 0.15) is 6.42 Å². The molecule has 0 saturated carbocycles. The van der Waals surface area contributed by atoms with Gasteiger partial charge in [0.1, 0.15) is 6.04 Å². The van der Waals surface area contributed by atoms with Gasteiger partial charge in [-0.2, -0.15) is 0 Å². The van der Waals surface area contributed by atoms with Gasteiger partial charge < -0.3 is 15.4 Å². The summed E-state index contributed by atoms with van der Waals surface area (Å²) in [5.74, 6) is -0.329. The van der Waals surface area contributed by atoms with E-state index in [0.717, 1.165) is 0 Å². The monoisotopic (exact) mass is 316 g/mol. The molecule has 1 heterocycles. The number of esters is 1. The molecule has 2 aromatic carbocycles. The molecule has 6 heteroatoms. The van der Waals surface area contributed by atoms with E-state index in [1.165, 1.54) is 0 Å². The van der Waals surface area contributed by atoms with Gasteiger partial charge >= 0.3 is 5.97 Å². The van der Waals surface area contributed by atoms with E-state index in [9.17, 15) is 9.59 Å². The molecule has 1 unspecified atom stereocenters. The largest absolute Gasteiger partial charge is 0.423 e. The number of carbonyl (C=O) groups is 2. The van der Waals surface area contributed by atoms with Crippen molar-refractivity contribution in [1.29, 1.82) is 0 Å². The van der Waals surface area contributed by atoms with Crippen LogP contribution in [0.4, 0.5) is 11.4 Å². The summed E-state index contributed by atoms with van der Waals surface area (Å²) in [5.41, 5.74) is 1.20. The predicted octanol–water partition coefficient (Wildman–Crippen LogP) is 3.07. The minimum absolute atomic E-state index is 0.0433. The lowest BCUT2D eigenvalue weighted by Crippen LogP contribution is -2.39. The number of hydrogen-bond acceptors (Lipinski definition) is 4. The van der Waals surface area contributed by atoms with E-state index in [1.807, 2.05) is 6.07 Å². The minimum atomic E-state index is -0.725. The van der Waals surface area contributed by atoms with Gasteiger partial charge in [-0.15, -0.1) is 0 Å². The highest BCUT2D eigenvalue weighted by molar-refractivity contribution is 6.33. The van der Waals surface area contributed by atoms with Crippen molar-refractivity contribution in [3.63, 3.8) is 0 Å². The normalized spacial score (nSPS) is 16.2. The molecule has 1 atom stereocenters. The average Bonchev–Trinajstić information content (AvgIpc) is 2.50. The van der Waals surface area contributed by atoms with E-state index in [0.29, 0.717) is 22.1 Å². The van der Waals surface area contributed by atoms with E-state index in [-0.39, 0.29) is 12.3 Å². The smallest absolute Gasteiger partial charge is 0.334 e. The van der Waals surface area contributed by atoms with Crippen molar-refractivity contribution in [1.82, 2.24) is 0 Å². The number of nitrogens with one attached hydrogen (secondary N) is 2. The van der Waals surface area contributed by atoms with E-state index >= 15 is 0 Å². The highest BCUT2D eigenvalue weighted by atomic mass is 35.5. The Labute approximate surface area is 132 Å². The number of carbonyl (C=O) groups excluding carboxylic acids is 2. The predicted molar refractivity (Wildman–Crippen MR) is 84.2 cm³/mol. The fourth-order valence-corrected chi connectivity index (χ4v) is 2.37. The highest BCUT2D eigenvalue weighted by Crippen LogP contribution is 2.29. The Morgan fingerprint density at radius 2 is 1.91 bits per heavy atom. The van der Waals surface area contributed by atoms with E-state index in [4.69, 9.17) is 16.3 Å². The third kappa shape index (κ3) is 3.04. The summed E-state index contributed by atoms with van der Waals surface area (Å²) in [6, 6.07) is 13.3. The maximum atomic E-state index is 12.1. The molecule has 0 saturated heterocycles. The average molecular weight is 317 g/mol. The molecule has 0 aliphatic carbocycles. The molecule has 0 bridgehead atoms. The lowest BCUT2D eigenvalue weighted by molar-refractivity contribution is -0.137. The third-order valence-electron chi connectivity index (χ3n) is 3.25. The van der Waals surface area contributed by atoms with Crippen LogP contribution in [0.5, 0.6) is 5.75 Å². The van der Waals surface area contributed by atoms with Gasteiger partial charge in [-0.05, 0) is 24.3 Å². The number of amides is 1. The molecule has 3 rings (SSSR count). The minimum Gasteiger partial charge on any atom is -0.423 e. The number of hydrogen-bond donors (Lipinski definition) is 2. The van der Waals surface area contributed by atoms with Crippen LogP contribution in [-0.4, -0.2) is 17.9 Å². The van der Waals surface area contributed by atoms with Crippen molar-refractivity contribution in [2.45, 2.75) is 12.5 Å². The number of ether oxygens (including phenoxy) is 1. The van der Waals surface area contributed by atoms with Gasteiger partial charge in [0, 0.05) is 0 Å². The fourth-order valence-electron chi connectivity index (χ4n) is 2.18. The summed E-state index contributed by atoms with van der Waals surface area (Å²) in [5, 5.41) is 6.14. The first-order valence-electron chi connectivity index (χ1n) is 6.75. The van der Waals surface area contributed by atoms with Crippen LogP contribution in [0.25, 0.3) is 0 Å². The van der Waals surface area contributed by atoms with E-state index in [2.05, 4.69) is 10.6 Å². The lowest BCUT2D eigenvalue weighted by atomic mass is 10.1. The number of fused-ring (bicyclic) bond motifs is 1. The van der Waals surface area contributed by atoms with Gasteiger partial charge in [-0.3, -0.25) is 4.79 Å². The molecule has 1 aliphatic rings. The number of anilines is 2. The molecule has 0 fully saturated rings. The quantitative estimate of drug-likeness (QED) is 0.674. The van der Waals surface area contributed by atoms with E-state index in [1.54, 1.807) is 42.5 Å². The molecule has 0 aromatic heterocycles. The Balaban J connectivity index is 1.67. The van der Waals surface area contributed by atoms with Gasteiger partial charge in [0.05, 0.1) is 22.8 Å². The molecule has 1 amide bonds. The Hall–Kier alpha value is -2.53. The van der Waals surface area contributed by atoms with Crippen molar-refractivity contribution in [3.05, 3.63) is 53.6 Å². The Morgan fingerprint density at radius 1 is 1.18 bits per heavy atom. The van der Waals surface area contributed by atoms with Crippen molar-refractivity contribution in [3.8, 4) is 5.75 Å². The van der Waals surface area contributed by atoms with Crippen LogP contribution in [-0.2, 0) is 9.59 Å². The number of halogens is 1. The SMILES string of the molecule is O=C(CC1Nc2ccccc2OC1=O)Nc1ccccc1Cl. The maximum Gasteiger partial charge on any atom is 0.334 e. The maximum absolute atomic E-state index is 12.1. The summed E-state index contributed by atoms with van der Waals surface area (Å²) in [6.45, 7) is 0. The second-order valence-electron chi connectivity index (χ2n) is 4.85. The third-order valence-corrected chi connectivity index (χ3v) is 3.58. The molecule has 2 N–H and O–H groups in total. The van der Waals surface area contributed by atoms with Gasteiger partial charge in [0.25, 0.3) is 0 Å². The zero-order chi connectivity index (χ0) is 15.5. The first-order valence-corrected chi connectivity index (χ1v) is 7.13. The summed E-state index contributed by atoms with van der Waals surface area (Å²) < 4.78 is 5.21. The molecule has 0 spiro atoms. The summed E-state index contributed by atoms with van der Waals surface area (Å²) in [6.07, 6.45) is -0.0433. The standard InChI is InChI=1S/C16H13ClN2O3/c17-10-5-1-2-6-11(10)19-15(20)9-13-16(21)22-14-8-4-3-7-12(14)18-13/h1-8,13,18H,9H2,(H,19,20). The zero-order valence-electron chi connectivity index (χ0n) is 11.5. The molecule has 22 heavy (non-hydrogen) atoms. The number of para-hydroxylation sites is 3. The molecular weight excluding hydrogens is 304 g/mol. The second-order valence-corrected chi connectivity index (χ2v) is 5.25. The molecule has 5 nitrogen and oxygen atoms in total.